The summed E-state index contributed by atoms with van der Waals surface area (Å²) in [7, 11) is 0. The van der Waals surface area contributed by atoms with E-state index in [9.17, 15) is 24.0 Å². The summed E-state index contributed by atoms with van der Waals surface area (Å²) in [5, 5.41) is 8.13. The highest BCUT2D eigenvalue weighted by atomic mass is 16.5. The fraction of sp³-hybridized carbons (Fsp3) is 0.417. The molecule has 2 unspecified atom stereocenters. The topological polar surface area (TPSA) is 196 Å². The van der Waals surface area contributed by atoms with Crippen molar-refractivity contribution >= 4 is 52.2 Å². The average molecular weight is 893 g/mol. The summed E-state index contributed by atoms with van der Waals surface area (Å²) in [4.78, 5) is 85.8. The Bertz CT molecular complexity index is 2710. The number of hydrogen-bond acceptors (Lipinski definition) is 13. The number of fused-ring (bicyclic) bond motifs is 2. The number of aromatic nitrogens is 4. The number of carbonyl (C=O) groups is 5. The molecule has 5 saturated heterocycles. The van der Waals surface area contributed by atoms with Crippen molar-refractivity contribution in [2.75, 3.05) is 76.1 Å². The first-order valence-electron chi connectivity index (χ1n) is 23.1. The Hall–Kier alpha value is -6.92. The zero-order valence-corrected chi connectivity index (χ0v) is 36.6. The second-order valence-electron chi connectivity index (χ2n) is 18.2. The number of nitrogens with two attached hydrogens (primary N) is 1. The molecule has 0 spiro atoms. The third-order valence-electron chi connectivity index (χ3n) is 14.4. The fourth-order valence-corrected chi connectivity index (χ4v) is 10.7. The molecule has 8 heterocycles. The molecule has 5 fully saturated rings. The van der Waals surface area contributed by atoms with E-state index in [1.54, 1.807) is 12.1 Å². The summed E-state index contributed by atoms with van der Waals surface area (Å²) in [6, 6.07) is 22.7. The molecule has 66 heavy (non-hydrogen) atoms. The number of para-hydroxylation sites is 1. The van der Waals surface area contributed by atoms with Crippen LogP contribution in [0, 0.1) is 0 Å². The van der Waals surface area contributed by atoms with E-state index in [0.29, 0.717) is 30.5 Å². The van der Waals surface area contributed by atoms with E-state index in [1.807, 2.05) is 75.1 Å². The number of nitrogen functional groups attached to an aromatic ring is 1. The molecule has 3 N–H and O–H groups in total. The van der Waals surface area contributed by atoms with Crippen LogP contribution >= 0.6 is 0 Å². The summed E-state index contributed by atoms with van der Waals surface area (Å²) in [6.45, 7) is 7.89. The number of ether oxygens (including phenoxy) is 1. The van der Waals surface area contributed by atoms with Crippen LogP contribution < -0.4 is 20.7 Å². The molecule has 3 aromatic carbocycles. The van der Waals surface area contributed by atoms with Crippen LogP contribution in [-0.2, 0) is 9.59 Å². The van der Waals surface area contributed by atoms with Crippen LogP contribution in [0.3, 0.4) is 0 Å². The molecular formula is C48H52N12O6. The van der Waals surface area contributed by atoms with Gasteiger partial charge in [-0.15, -0.1) is 0 Å². The van der Waals surface area contributed by atoms with Gasteiger partial charge in [-0.3, -0.25) is 39.2 Å². The molecule has 5 aromatic rings. The highest BCUT2D eigenvalue weighted by molar-refractivity contribution is 6.23. The Morgan fingerprint density at radius 2 is 1.44 bits per heavy atom. The van der Waals surface area contributed by atoms with Gasteiger partial charge >= 0.3 is 6.03 Å². The minimum absolute atomic E-state index is 0.0843. The monoisotopic (exact) mass is 892 g/mol. The second-order valence-corrected chi connectivity index (χ2v) is 18.2. The van der Waals surface area contributed by atoms with Crippen LogP contribution in [0.2, 0.25) is 0 Å². The fourth-order valence-electron chi connectivity index (χ4n) is 10.7. The SMILES string of the molecule is Nc1ncnc2c1c(-c1ccc(Oc3ccccc3)cc1)nn2C1CCCN(C2CN(C(=O)N3CCC(N4CCN(c5ccc6c(c5)C(=O)N(C5CCC(=O)NC5=O)C6=O)CC4)CC3)C2)C1. The molecule has 18 nitrogen and oxygen atoms in total. The molecule has 18 heteroatoms. The average Bonchev–Trinajstić information content (AvgIpc) is 3.84. The van der Waals surface area contributed by atoms with Crippen molar-refractivity contribution in [3.8, 4) is 22.8 Å². The van der Waals surface area contributed by atoms with E-state index in [2.05, 4.69) is 30.0 Å². The highest BCUT2D eigenvalue weighted by Crippen LogP contribution is 2.37. The number of likely N-dealkylation sites (tertiary alicyclic amines) is 3. The number of piperazine rings is 1. The standard InChI is InChI=1S/C48H52N12O6/c49-43-41-42(30-8-11-36(12-9-30)66-35-6-2-1-3-7-35)53-60(44(41)51-29-50-43)33-5-4-18-57(26-33)34-27-58(28-34)48(65)56-19-16-31(17-20-56)54-21-23-55(24-22-54)32-10-13-37-38(25-32)47(64)59(46(37)63)39-14-15-40(61)52-45(39)62/h1-3,6-13,25,29,31,33-34,39H,4-5,14-24,26-28H2,(H2,49,50,51)(H,52,61,62). The smallest absolute Gasteiger partial charge is 0.320 e. The Kier molecular flexibility index (Phi) is 10.8. The lowest BCUT2D eigenvalue weighted by molar-refractivity contribution is -0.136. The van der Waals surface area contributed by atoms with E-state index in [1.165, 1.54) is 6.33 Å². The van der Waals surface area contributed by atoms with Crippen LogP contribution in [-0.4, -0.2) is 157 Å². The van der Waals surface area contributed by atoms with E-state index >= 15 is 0 Å². The van der Waals surface area contributed by atoms with Gasteiger partial charge in [0, 0.05) is 88.7 Å². The van der Waals surface area contributed by atoms with Crippen molar-refractivity contribution in [3.63, 3.8) is 0 Å². The molecule has 6 amide bonds. The Morgan fingerprint density at radius 3 is 2.20 bits per heavy atom. The van der Waals surface area contributed by atoms with E-state index in [4.69, 9.17) is 15.6 Å². The third kappa shape index (κ3) is 7.66. The summed E-state index contributed by atoms with van der Waals surface area (Å²) in [6.07, 6.45) is 5.53. The summed E-state index contributed by atoms with van der Waals surface area (Å²) < 4.78 is 8.06. The number of piperidine rings is 3. The Balaban J connectivity index is 0.659. The molecule has 0 saturated carbocycles. The van der Waals surface area contributed by atoms with Gasteiger partial charge in [0.15, 0.2) is 5.65 Å². The molecule has 6 aliphatic rings. The lowest BCUT2D eigenvalue weighted by atomic mass is 9.99. The quantitative estimate of drug-likeness (QED) is 0.213. The van der Waals surface area contributed by atoms with Crippen LogP contribution in [0.5, 0.6) is 11.5 Å². The molecule has 2 aromatic heterocycles. The number of carbonyl (C=O) groups excluding carboxylic acids is 5. The number of benzene rings is 3. The van der Waals surface area contributed by atoms with Gasteiger partial charge in [-0.05, 0) is 93.2 Å². The number of nitrogens with zero attached hydrogens (tertiary/aromatic N) is 10. The van der Waals surface area contributed by atoms with Gasteiger partial charge in [0.05, 0.1) is 22.6 Å². The molecule has 340 valence electrons. The highest BCUT2D eigenvalue weighted by Gasteiger charge is 2.45. The maximum atomic E-state index is 13.8. The van der Waals surface area contributed by atoms with Crippen molar-refractivity contribution in [3.05, 3.63) is 90.3 Å². The number of urea groups is 1. The molecule has 0 bridgehead atoms. The zero-order valence-electron chi connectivity index (χ0n) is 36.6. The van der Waals surface area contributed by atoms with Crippen molar-refractivity contribution in [2.45, 2.75) is 62.7 Å². The summed E-state index contributed by atoms with van der Waals surface area (Å²) >= 11 is 0. The summed E-state index contributed by atoms with van der Waals surface area (Å²) in [5.74, 6) is -0.112. The number of nitrogens with one attached hydrogen (secondary N) is 1. The van der Waals surface area contributed by atoms with Gasteiger partial charge in [-0.2, -0.15) is 5.10 Å². The molecule has 0 aliphatic carbocycles. The number of hydrogen-bond donors (Lipinski definition) is 2. The van der Waals surface area contributed by atoms with Crippen molar-refractivity contribution in [1.82, 2.24) is 49.6 Å². The van der Waals surface area contributed by atoms with Crippen LogP contribution in [0.25, 0.3) is 22.3 Å². The Morgan fingerprint density at radius 1 is 0.697 bits per heavy atom. The van der Waals surface area contributed by atoms with Gasteiger partial charge in [-0.1, -0.05) is 18.2 Å². The first-order valence-corrected chi connectivity index (χ1v) is 23.1. The first kappa shape index (κ1) is 41.8. The zero-order chi connectivity index (χ0) is 45.1. The predicted octanol–water partition coefficient (Wildman–Crippen LogP) is 4.00. The predicted molar refractivity (Wildman–Crippen MR) is 244 cm³/mol. The molecule has 6 aliphatic heterocycles. The third-order valence-corrected chi connectivity index (χ3v) is 14.4. The maximum Gasteiger partial charge on any atom is 0.320 e. The first-order chi connectivity index (χ1) is 32.2. The largest absolute Gasteiger partial charge is 0.457 e. The molecule has 11 rings (SSSR count). The number of anilines is 2. The Labute approximate surface area is 381 Å². The minimum atomic E-state index is -0.985. The lowest BCUT2D eigenvalue weighted by Crippen LogP contribution is -2.65. The van der Waals surface area contributed by atoms with Crippen molar-refractivity contribution in [2.24, 2.45) is 0 Å². The molecule has 2 atom stereocenters. The molecule has 0 radical (unpaired) electrons. The van der Waals surface area contributed by atoms with Crippen molar-refractivity contribution in [1.29, 1.82) is 0 Å². The minimum Gasteiger partial charge on any atom is -0.457 e. The van der Waals surface area contributed by atoms with E-state index < -0.39 is 29.7 Å². The van der Waals surface area contributed by atoms with Gasteiger partial charge in [0.1, 0.15) is 35.4 Å². The van der Waals surface area contributed by atoms with E-state index in [-0.39, 0.29) is 36.5 Å². The van der Waals surface area contributed by atoms with Gasteiger partial charge in [0.25, 0.3) is 11.8 Å². The number of rotatable bonds is 8. The lowest BCUT2D eigenvalue weighted by Gasteiger charge is -2.50. The van der Waals surface area contributed by atoms with Crippen LogP contribution in [0.15, 0.2) is 79.1 Å². The number of amides is 6. The van der Waals surface area contributed by atoms with E-state index in [0.717, 1.165) is 122 Å². The number of imide groups is 2. The van der Waals surface area contributed by atoms with Gasteiger partial charge in [0.2, 0.25) is 11.8 Å². The van der Waals surface area contributed by atoms with Crippen molar-refractivity contribution < 1.29 is 28.7 Å². The maximum absolute atomic E-state index is 13.8. The van der Waals surface area contributed by atoms with Gasteiger partial charge < -0.3 is 25.2 Å². The van der Waals surface area contributed by atoms with Crippen LogP contribution in [0.4, 0.5) is 16.3 Å². The summed E-state index contributed by atoms with van der Waals surface area (Å²) in [5.41, 5.74) is 10.3. The van der Waals surface area contributed by atoms with Crippen LogP contribution in [0.1, 0.15) is 65.3 Å². The second kappa shape index (κ2) is 17.1. The van der Waals surface area contributed by atoms with Gasteiger partial charge in [-0.25, -0.2) is 19.4 Å². The molecular weight excluding hydrogens is 841 g/mol. The normalized spacial score (nSPS) is 22.5.